The highest BCUT2D eigenvalue weighted by Crippen LogP contribution is 2.47. The molecule has 2 bridgehead atoms. The fraction of sp³-hybridized carbons (Fsp3) is 0.842. The molecule has 0 radical (unpaired) electrons. The van der Waals surface area contributed by atoms with Crippen LogP contribution < -0.4 is 5.32 Å². The number of fused-ring (bicyclic) bond motifs is 6. The first-order chi connectivity index (χ1) is 12.7. The van der Waals surface area contributed by atoms with Crippen LogP contribution in [0.2, 0.25) is 0 Å². The number of guanidine groups is 1. The number of aromatic nitrogens is 3. The van der Waals surface area contributed by atoms with Gasteiger partial charge in [0.2, 0.25) is 0 Å². The zero-order valence-electron chi connectivity index (χ0n) is 16.3. The molecule has 5 rings (SSSR count). The quantitative estimate of drug-likeness (QED) is 0.402. The van der Waals surface area contributed by atoms with E-state index in [2.05, 4.69) is 31.9 Å². The molecule has 0 aliphatic carbocycles. The lowest BCUT2D eigenvalue weighted by Crippen LogP contribution is -2.41. The lowest BCUT2D eigenvalue weighted by Gasteiger charge is -2.26. The van der Waals surface area contributed by atoms with Gasteiger partial charge in [0.05, 0.1) is 12.2 Å². The molecule has 0 spiro atoms. The minimum absolute atomic E-state index is 0. The Hall–Kier alpha value is -0.900. The van der Waals surface area contributed by atoms with Gasteiger partial charge < -0.3 is 19.5 Å². The molecule has 5 heterocycles. The number of aliphatic imine (C=N–C) groups is 1. The van der Waals surface area contributed by atoms with Crippen LogP contribution in [0.25, 0.3) is 0 Å². The Bertz CT molecular complexity index is 688. The summed E-state index contributed by atoms with van der Waals surface area (Å²) < 4.78 is 8.39. The topological polar surface area (TPSA) is 67.6 Å². The van der Waals surface area contributed by atoms with Crippen LogP contribution in [0.15, 0.2) is 4.99 Å². The predicted octanol–water partition coefficient (Wildman–Crippen LogP) is 1.84. The van der Waals surface area contributed by atoms with E-state index in [0.29, 0.717) is 18.1 Å². The van der Waals surface area contributed by atoms with Crippen LogP contribution in [0.3, 0.4) is 0 Å². The van der Waals surface area contributed by atoms with E-state index in [4.69, 9.17) is 9.73 Å². The van der Waals surface area contributed by atoms with Crippen LogP contribution in [-0.4, -0.2) is 64.0 Å². The number of hydrogen-bond acceptors (Lipinski definition) is 4. The molecule has 0 amide bonds. The summed E-state index contributed by atoms with van der Waals surface area (Å²) in [5, 5.41) is 12.0. The van der Waals surface area contributed by atoms with E-state index in [0.717, 1.165) is 75.0 Å². The normalized spacial score (nSPS) is 34.4. The molecule has 0 saturated carbocycles. The van der Waals surface area contributed by atoms with Crippen molar-refractivity contribution in [3.05, 3.63) is 11.6 Å². The lowest BCUT2D eigenvalue weighted by molar-refractivity contribution is 0.0767. The summed E-state index contributed by atoms with van der Waals surface area (Å²) >= 11 is 0. The summed E-state index contributed by atoms with van der Waals surface area (Å²) in [7, 11) is 0. The van der Waals surface area contributed by atoms with Crippen molar-refractivity contribution in [3.8, 4) is 0 Å². The van der Waals surface area contributed by atoms with Crippen molar-refractivity contribution in [2.24, 2.45) is 22.7 Å². The van der Waals surface area contributed by atoms with Gasteiger partial charge in [-0.25, -0.2) is 0 Å². The summed E-state index contributed by atoms with van der Waals surface area (Å²) in [6, 6.07) is 0. The van der Waals surface area contributed by atoms with Gasteiger partial charge in [0.15, 0.2) is 5.96 Å². The average molecular weight is 486 g/mol. The van der Waals surface area contributed by atoms with Crippen molar-refractivity contribution in [2.45, 2.75) is 58.3 Å². The smallest absolute Gasteiger partial charge is 0.193 e. The molecule has 3 fully saturated rings. The molecule has 8 heteroatoms. The molecule has 3 saturated heterocycles. The Balaban J connectivity index is 0.00000180. The largest absolute Gasteiger partial charge is 0.374 e. The molecule has 1 aromatic rings. The van der Waals surface area contributed by atoms with E-state index in [1.807, 2.05) is 6.92 Å². The van der Waals surface area contributed by atoms with Gasteiger partial charge in [-0.15, -0.1) is 34.2 Å². The first-order valence-electron chi connectivity index (χ1n) is 10.3. The minimum Gasteiger partial charge on any atom is -0.374 e. The second-order valence-corrected chi connectivity index (χ2v) is 8.40. The third kappa shape index (κ3) is 3.47. The zero-order valence-corrected chi connectivity index (χ0v) is 18.6. The van der Waals surface area contributed by atoms with Crippen molar-refractivity contribution in [1.82, 2.24) is 25.0 Å². The van der Waals surface area contributed by atoms with Crippen LogP contribution in [0.5, 0.6) is 0 Å². The molecular formula is C19H31IN6O. The number of ether oxygens (including phenoxy) is 1. The van der Waals surface area contributed by atoms with Gasteiger partial charge >= 0.3 is 0 Å². The summed E-state index contributed by atoms with van der Waals surface area (Å²) in [6.07, 6.45) is 5.71. The molecule has 7 nitrogen and oxygen atoms in total. The van der Waals surface area contributed by atoms with Crippen molar-refractivity contribution >= 4 is 29.9 Å². The number of nitrogens with one attached hydrogen (secondary N) is 1. The zero-order chi connectivity index (χ0) is 17.7. The number of rotatable bonds is 3. The highest BCUT2D eigenvalue weighted by atomic mass is 127. The molecule has 150 valence electrons. The van der Waals surface area contributed by atoms with Gasteiger partial charge in [-0.3, -0.25) is 4.99 Å². The van der Waals surface area contributed by atoms with Gasteiger partial charge in [0.25, 0.3) is 0 Å². The number of halogens is 1. The first kappa shape index (κ1) is 19.4. The summed E-state index contributed by atoms with van der Waals surface area (Å²) in [6.45, 7) is 9.23. The van der Waals surface area contributed by atoms with Gasteiger partial charge in [-0.2, -0.15) is 0 Å². The predicted molar refractivity (Wildman–Crippen MR) is 114 cm³/mol. The van der Waals surface area contributed by atoms with Crippen LogP contribution in [0, 0.1) is 24.7 Å². The second-order valence-electron chi connectivity index (χ2n) is 8.40. The minimum atomic E-state index is 0. The highest BCUT2D eigenvalue weighted by molar-refractivity contribution is 14.0. The third-order valence-electron chi connectivity index (χ3n) is 6.82. The Morgan fingerprint density at radius 2 is 1.89 bits per heavy atom. The summed E-state index contributed by atoms with van der Waals surface area (Å²) in [4.78, 5) is 7.53. The lowest BCUT2D eigenvalue weighted by atomic mass is 9.82. The molecule has 4 aliphatic rings. The molecule has 4 aliphatic heterocycles. The second kappa shape index (κ2) is 7.85. The molecule has 27 heavy (non-hydrogen) atoms. The Morgan fingerprint density at radius 3 is 2.59 bits per heavy atom. The maximum atomic E-state index is 6.12. The van der Waals surface area contributed by atoms with Gasteiger partial charge in [0, 0.05) is 51.0 Å². The van der Waals surface area contributed by atoms with E-state index in [9.17, 15) is 0 Å². The maximum Gasteiger partial charge on any atom is 0.193 e. The first-order valence-corrected chi connectivity index (χ1v) is 10.3. The van der Waals surface area contributed by atoms with Crippen molar-refractivity contribution < 1.29 is 4.74 Å². The van der Waals surface area contributed by atoms with Crippen LogP contribution >= 0.6 is 24.0 Å². The maximum absolute atomic E-state index is 6.12. The van der Waals surface area contributed by atoms with Gasteiger partial charge in [0.1, 0.15) is 11.6 Å². The van der Waals surface area contributed by atoms with Crippen molar-refractivity contribution in [1.29, 1.82) is 0 Å². The van der Waals surface area contributed by atoms with E-state index in [1.165, 1.54) is 12.8 Å². The standard InChI is InChI=1S/C19H30N6O.HI/c1-3-20-19(24-10-14-15(11-24)17-6-5-16(14)26-17)21-8-13-4-7-18-23-22-12(2)25(18)9-13;/h13-17H,3-11H2,1-2H3,(H,20,21);1H. The van der Waals surface area contributed by atoms with Gasteiger partial charge in [-0.1, -0.05) is 0 Å². The summed E-state index contributed by atoms with van der Waals surface area (Å²) in [5.74, 6) is 5.28. The van der Waals surface area contributed by atoms with Crippen LogP contribution in [0.1, 0.15) is 37.8 Å². The van der Waals surface area contributed by atoms with Crippen molar-refractivity contribution in [3.63, 3.8) is 0 Å². The highest BCUT2D eigenvalue weighted by Gasteiger charge is 2.53. The van der Waals surface area contributed by atoms with E-state index < -0.39 is 0 Å². The molecule has 1 aromatic heterocycles. The van der Waals surface area contributed by atoms with E-state index >= 15 is 0 Å². The Kier molecular flexibility index (Phi) is 5.64. The Labute approximate surface area is 178 Å². The molecule has 0 aromatic carbocycles. The van der Waals surface area contributed by atoms with E-state index in [1.54, 1.807) is 0 Å². The third-order valence-corrected chi connectivity index (χ3v) is 6.82. The number of aryl methyl sites for hydroxylation is 2. The fourth-order valence-electron chi connectivity index (χ4n) is 5.45. The molecule has 5 atom stereocenters. The number of likely N-dealkylation sites (tertiary alicyclic amines) is 1. The Morgan fingerprint density at radius 1 is 1.15 bits per heavy atom. The SMILES string of the molecule is CCNC(=NCC1CCc2nnc(C)n2C1)N1CC2C3CCC(O3)C2C1.I. The van der Waals surface area contributed by atoms with Crippen LogP contribution in [0.4, 0.5) is 0 Å². The fourth-order valence-corrected chi connectivity index (χ4v) is 5.45. The molecule has 5 unspecified atom stereocenters. The van der Waals surface area contributed by atoms with E-state index in [-0.39, 0.29) is 24.0 Å². The molecular weight excluding hydrogens is 455 g/mol. The monoisotopic (exact) mass is 486 g/mol. The summed E-state index contributed by atoms with van der Waals surface area (Å²) in [5.41, 5.74) is 0. The number of nitrogens with zero attached hydrogens (tertiary/aromatic N) is 5. The van der Waals surface area contributed by atoms with Gasteiger partial charge in [-0.05, 0) is 39.0 Å². The molecule has 1 N–H and O–H groups in total. The average Bonchev–Trinajstić information content (AvgIpc) is 3.40. The van der Waals surface area contributed by atoms with Crippen LogP contribution in [-0.2, 0) is 17.7 Å². The van der Waals surface area contributed by atoms with Crippen molar-refractivity contribution in [2.75, 3.05) is 26.2 Å². The number of hydrogen-bond donors (Lipinski definition) is 1.